The van der Waals surface area contributed by atoms with Crippen molar-refractivity contribution in [1.82, 2.24) is 10.3 Å². The number of hydrogen-bond acceptors (Lipinski definition) is 3. The molecule has 3 nitrogen and oxygen atoms in total. The maximum atomic E-state index is 13.1. The second-order valence-electron chi connectivity index (χ2n) is 5.54. The van der Waals surface area contributed by atoms with Crippen LogP contribution in [0.1, 0.15) is 31.2 Å². The summed E-state index contributed by atoms with van der Waals surface area (Å²) in [6, 6.07) is 3.15. The average molecular weight is 285 g/mol. The van der Waals surface area contributed by atoms with E-state index in [0.717, 1.165) is 25.5 Å². The van der Waals surface area contributed by atoms with E-state index >= 15 is 0 Å². The van der Waals surface area contributed by atoms with Gasteiger partial charge in [-0.3, -0.25) is 0 Å². The van der Waals surface area contributed by atoms with Gasteiger partial charge in [0.25, 0.3) is 0 Å². The number of rotatable bonds is 4. The van der Waals surface area contributed by atoms with Crippen LogP contribution in [0.3, 0.4) is 0 Å². The Morgan fingerprint density at radius 1 is 1.30 bits per heavy atom. The van der Waals surface area contributed by atoms with Gasteiger partial charge < -0.3 is 10.2 Å². The van der Waals surface area contributed by atoms with Crippen LogP contribution >= 0.6 is 0 Å². The monoisotopic (exact) mass is 285 g/mol. The smallest absolute Gasteiger partial charge is 0.352 e. The zero-order valence-electron chi connectivity index (χ0n) is 11.2. The van der Waals surface area contributed by atoms with Crippen LogP contribution in [-0.2, 0) is 6.18 Å². The van der Waals surface area contributed by atoms with E-state index < -0.39 is 11.7 Å². The molecule has 110 valence electrons. The minimum atomic E-state index is -4.35. The molecule has 3 rings (SSSR count). The van der Waals surface area contributed by atoms with Crippen LogP contribution in [0.4, 0.5) is 19.0 Å². The molecule has 0 amide bonds. The molecule has 0 spiro atoms. The summed E-state index contributed by atoms with van der Waals surface area (Å²) < 4.78 is 39.2. The third-order valence-corrected chi connectivity index (χ3v) is 3.96. The minimum absolute atomic E-state index is 0.0834. The second kappa shape index (κ2) is 5.24. The van der Waals surface area contributed by atoms with E-state index in [1.165, 1.54) is 25.1 Å². The molecule has 2 fully saturated rings. The SMILES string of the molecule is FC(F)(F)c1cccnc1N1CCCC1CNC1CC1. The quantitative estimate of drug-likeness (QED) is 0.922. The summed E-state index contributed by atoms with van der Waals surface area (Å²) in [6.45, 7) is 1.40. The van der Waals surface area contributed by atoms with Crippen LogP contribution in [0.2, 0.25) is 0 Å². The van der Waals surface area contributed by atoms with Crippen LogP contribution < -0.4 is 10.2 Å². The van der Waals surface area contributed by atoms with Crippen molar-refractivity contribution < 1.29 is 13.2 Å². The Kier molecular flexibility index (Phi) is 3.58. The zero-order valence-corrected chi connectivity index (χ0v) is 11.2. The number of anilines is 1. The van der Waals surface area contributed by atoms with Crippen molar-refractivity contribution in [1.29, 1.82) is 0 Å². The molecule has 1 aromatic rings. The van der Waals surface area contributed by atoms with E-state index in [9.17, 15) is 13.2 Å². The van der Waals surface area contributed by atoms with Crippen molar-refractivity contribution in [2.45, 2.75) is 43.9 Å². The van der Waals surface area contributed by atoms with Gasteiger partial charge in [0.15, 0.2) is 0 Å². The first kappa shape index (κ1) is 13.7. The lowest BCUT2D eigenvalue weighted by molar-refractivity contribution is -0.137. The number of pyridine rings is 1. The van der Waals surface area contributed by atoms with Crippen LogP contribution in [0.5, 0.6) is 0 Å². The van der Waals surface area contributed by atoms with E-state index in [4.69, 9.17) is 0 Å². The van der Waals surface area contributed by atoms with Gasteiger partial charge in [0.1, 0.15) is 5.82 Å². The summed E-state index contributed by atoms with van der Waals surface area (Å²) in [4.78, 5) is 5.82. The van der Waals surface area contributed by atoms with Crippen molar-refractivity contribution in [2.75, 3.05) is 18.0 Å². The Labute approximate surface area is 116 Å². The highest BCUT2D eigenvalue weighted by Gasteiger charge is 2.38. The number of nitrogens with zero attached hydrogens (tertiary/aromatic N) is 2. The Bertz CT molecular complexity index is 471. The third kappa shape index (κ3) is 2.90. The maximum Gasteiger partial charge on any atom is 0.419 e. The van der Waals surface area contributed by atoms with Crippen LogP contribution in [0.15, 0.2) is 18.3 Å². The molecule has 1 aliphatic carbocycles. The van der Waals surface area contributed by atoms with Crippen molar-refractivity contribution >= 4 is 5.82 Å². The van der Waals surface area contributed by atoms with Gasteiger partial charge in [-0.1, -0.05) is 0 Å². The fourth-order valence-corrected chi connectivity index (χ4v) is 2.76. The van der Waals surface area contributed by atoms with Crippen molar-refractivity contribution in [3.05, 3.63) is 23.9 Å². The molecule has 1 aromatic heterocycles. The van der Waals surface area contributed by atoms with Gasteiger partial charge in [0, 0.05) is 31.4 Å². The van der Waals surface area contributed by atoms with Crippen LogP contribution in [0.25, 0.3) is 0 Å². The summed E-state index contributed by atoms with van der Waals surface area (Å²) in [5.74, 6) is 0.0834. The lowest BCUT2D eigenvalue weighted by atomic mass is 10.2. The molecule has 1 saturated heterocycles. The molecule has 0 aromatic carbocycles. The standard InChI is InChI=1S/C14H18F3N3/c15-14(16,17)12-4-1-7-18-13(12)20-8-2-3-11(20)9-19-10-5-6-10/h1,4,7,10-11,19H,2-3,5-6,8-9H2. The molecular weight excluding hydrogens is 267 g/mol. The minimum Gasteiger partial charge on any atom is -0.352 e. The lowest BCUT2D eigenvalue weighted by Crippen LogP contribution is -2.40. The first-order valence-electron chi connectivity index (χ1n) is 7.08. The summed E-state index contributed by atoms with van der Waals surface area (Å²) in [7, 11) is 0. The number of nitrogens with one attached hydrogen (secondary N) is 1. The van der Waals surface area contributed by atoms with Crippen molar-refractivity contribution in [3.63, 3.8) is 0 Å². The van der Waals surface area contributed by atoms with Gasteiger partial charge in [-0.05, 0) is 37.8 Å². The van der Waals surface area contributed by atoms with Gasteiger partial charge in [-0.25, -0.2) is 4.98 Å². The Balaban J connectivity index is 1.79. The summed E-state index contributed by atoms with van der Waals surface area (Å²) >= 11 is 0. The molecular formula is C14H18F3N3. The van der Waals surface area contributed by atoms with E-state index in [-0.39, 0.29) is 11.9 Å². The molecule has 2 aliphatic rings. The van der Waals surface area contributed by atoms with Gasteiger partial charge >= 0.3 is 6.18 Å². The van der Waals surface area contributed by atoms with Crippen LogP contribution in [0, 0.1) is 0 Å². The zero-order chi connectivity index (χ0) is 14.2. The highest BCUT2D eigenvalue weighted by Crippen LogP contribution is 2.37. The molecule has 2 heterocycles. The maximum absolute atomic E-state index is 13.1. The van der Waals surface area contributed by atoms with Crippen LogP contribution in [-0.4, -0.2) is 30.2 Å². The van der Waals surface area contributed by atoms with E-state index in [1.54, 1.807) is 0 Å². The fraction of sp³-hybridized carbons (Fsp3) is 0.643. The first-order chi connectivity index (χ1) is 9.55. The average Bonchev–Trinajstić information content (AvgIpc) is 3.12. The third-order valence-electron chi connectivity index (χ3n) is 3.96. The Hall–Kier alpha value is -1.30. The highest BCUT2D eigenvalue weighted by molar-refractivity contribution is 5.50. The predicted octanol–water partition coefficient (Wildman–Crippen LogP) is 2.82. The summed E-state index contributed by atoms with van der Waals surface area (Å²) in [5, 5.41) is 3.41. The van der Waals surface area contributed by atoms with Gasteiger partial charge in [0.2, 0.25) is 0 Å². The number of aromatic nitrogens is 1. The highest BCUT2D eigenvalue weighted by atomic mass is 19.4. The molecule has 1 saturated carbocycles. The topological polar surface area (TPSA) is 28.2 Å². The molecule has 1 unspecified atom stereocenters. The molecule has 0 bridgehead atoms. The lowest BCUT2D eigenvalue weighted by Gasteiger charge is -2.28. The fourth-order valence-electron chi connectivity index (χ4n) is 2.76. The Morgan fingerprint density at radius 3 is 2.80 bits per heavy atom. The van der Waals surface area contributed by atoms with Crippen molar-refractivity contribution in [2.24, 2.45) is 0 Å². The first-order valence-corrected chi connectivity index (χ1v) is 7.08. The Morgan fingerprint density at radius 2 is 2.10 bits per heavy atom. The number of halogens is 3. The molecule has 1 N–H and O–H groups in total. The summed E-state index contributed by atoms with van der Waals surface area (Å²) in [5.41, 5.74) is -0.627. The van der Waals surface area contributed by atoms with E-state index in [0.29, 0.717) is 12.6 Å². The normalized spacial score (nSPS) is 23.4. The van der Waals surface area contributed by atoms with Gasteiger partial charge in [-0.2, -0.15) is 13.2 Å². The van der Waals surface area contributed by atoms with Gasteiger partial charge in [0.05, 0.1) is 5.56 Å². The molecule has 1 aliphatic heterocycles. The second-order valence-corrected chi connectivity index (χ2v) is 5.54. The summed E-state index contributed by atoms with van der Waals surface area (Å²) in [6.07, 6.45) is 1.31. The molecule has 6 heteroatoms. The number of alkyl halides is 3. The molecule has 0 radical (unpaired) electrons. The molecule has 20 heavy (non-hydrogen) atoms. The predicted molar refractivity (Wildman–Crippen MR) is 70.6 cm³/mol. The molecule has 1 atom stereocenters. The van der Waals surface area contributed by atoms with Crippen molar-refractivity contribution in [3.8, 4) is 0 Å². The van der Waals surface area contributed by atoms with Gasteiger partial charge in [-0.15, -0.1) is 0 Å². The largest absolute Gasteiger partial charge is 0.419 e. The number of hydrogen-bond donors (Lipinski definition) is 1. The van der Waals surface area contributed by atoms with E-state index in [1.807, 2.05) is 4.90 Å². The van der Waals surface area contributed by atoms with E-state index in [2.05, 4.69) is 10.3 Å².